The van der Waals surface area contributed by atoms with Gasteiger partial charge in [-0.25, -0.2) is 0 Å². The number of hydrogen-bond donors (Lipinski definition) is 0. The SMILES string of the molecule is Clc1cc2oc3ccccc3c2c2c1oc1ccccc12. The standard InChI is InChI=1S/C18H9ClO2/c19-12-9-15-16(10-5-1-3-7-13(10)20-15)17-11-6-2-4-8-14(11)21-18(12)17/h1-9H. The van der Waals surface area contributed by atoms with E-state index < -0.39 is 0 Å². The zero-order valence-corrected chi connectivity index (χ0v) is 11.6. The van der Waals surface area contributed by atoms with Gasteiger partial charge in [-0.2, -0.15) is 0 Å². The molecule has 21 heavy (non-hydrogen) atoms. The summed E-state index contributed by atoms with van der Waals surface area (Å²) >= 11 is 6.38. The van der Waals surface area contributed by atoms with Crippen molar-refractivity contribution in [3.05, 3.63) is 59.6 Å². The van der Waals surface area contributed by atoms with Crippen LogP contribution >= 0.6 is 11.6 Å². The Hall–Kier alpha value is -2.45. The summed E-state index contributed by atoms with van der Waals surface area (Å²) in [5.41, 5.74) is 3.21. The molecule has 0 unspecified atom stereocenters. The molecule has 0 aliphatic rings. The Kier molecular flexibility index (Phi) is 2.04. The fourth-order valence-electron chi connectivity index (χ4n) is 3.07. The predicted octanol–water partition coefficient (Wildman–Crippen LogP) is 6.14. The van der Waals surface area contributed by atoms with Crippen molar-refractivity contribution >= 4 is 55.5 Å². The highest BCUT2D eigenvalue weighted by molar-refractivity contribution is 6.39. The van der Waals surface area contributed by atoms with E-state index in [4.69, 9.17) is 20.4 Å². The Morgan fingerprint density at radius 3 is 2.05 bits per heavy atom. The largest absolute Gasteiger partial charge is 0.456 e. The fourth-order valence-corrected chi connectivity index (χ4v) is 3.30. The molecule has 5 aromatic rings. The summed E-state index contributed by atoms with van der Waals surface area (Å²) in [4.78, 5) is 0. The molecule has 3 heteroatoms. The number of furan rings is 2. The van der Waals surface area contributed by atoms with Crippen molar-refractivity contribution in [1.82, 2.24) is 0 Å². The van der Waals surface area contributed by atoms with Crippen LogP contribution in [0.2, 0.25) is 5.02 Å². The maximum Gasteiger partial charge on any atom is 0.154 e. The van der Waals surface area contributed by atoms with Gasteiger partial charge in [-0.05, 0) is 12.1 Å². The Morgan fingerprint density at radius 2 is 1.29 bits per heavy atom. The first-order valence-corrected chi connectivity index (χ1v) is 7.12. The molecular formula is C18H9ClO2. The van der Waals surface area contributed by atoms with Crippen molar-refractivity contribution < 1.29 is 8.83 Å². The quantitative estimate of drug-likeness (QED) is 0.343. The van der Waals surface area contributed by atoms with Gasteiger partial charge in [0.2, 0.25) is 0 Å². The van der Waals surface area contributed by atoms with Crippen LogP contribution in [0.4, 0.5) is 0 Å². The van der Waals surface area contributed by atoms with Gasteiger partial charge in [0.1, 0.15) is 16.7 Å². The molecular weight excluding hydrogens is 284 g/mol. The van der Waals surface area contributed by atoms with Crippen LogP contribution in [0, 0.1) is 0 Å². The molecule has 2 heterocycles. The van der Waals surface area contributed by atoms with Gasteiger partial charge in [0.15, 0.2) is 5.58 Å². The summed E-state index contributed by atoms with van der Waals surface area (Å²) in [6, 6.07) is 17.8. The Labute approximate surface area is 124 Å². The smallest absolute Gasteiger partial charge is 0.154 e. The van der Waals surface area contributed by atoms with Crippen LogP contribution < -0.4 is 0 Å². The lowest BCUT2D eigenvalue weighted by Gasteiger charge is -1.95. The van der Waals surface area contributed by atoms with E-state index in [0.29, 0.717) is 5.02 Å². The first-order chi connectivity index (χ1) is 10.3. The van der Waals surface area contributed by atoms with E-state index in [-0.39, 0.29) is 0 Å². The van der Waals surface area contributed by atoms with E-state index in [2.05, 4.69) is 12.1 Å². The molecule has 0 amide bonds. The molecule has 0 saturated heterocycles. The average molecular weight is 293 g/mol. The summed E-state index contributed by atoms with van der Waals surface area (Å²) in [7, 11) is 0. The summed E-state index contributed by atoms with van der Waals surface area (Å²) in [5.74, 6) is 0. The molecule has 0 aliphatic carbocycles. The van der Waals surface area contributed by atoms with Gasteiger partial charge < -0.3 is 8.83 Å². The number of rotatable bonds is 0. The molecule has 2 aromatic heterocycles. The van der Waals surface area contributed by atoms with Crippen LogP contribution in [0.25, 0.3) is 43.9 Å². The molecule has 100 valence electrons. The number of fused-ring (bicyclic) bond motifs is 7. The minimum Gasteiger partial charge on any atom is -0.456 e. The molecule has 0 radical (unpaired) electrons. The van der Waals surface area contributed by atoms with E-state index in [1.807, 2.05) is 42.5 Å². The van der Waals surface area contributed by atoms with Crippen LogP contribution in [0.15, 0.2) is 63.4 Å². The van der Waals surface area contributed by atoms with E-state index in [0.717, 1.165) is 43.9 Å². The highest BCUT2D eigenvalue weighted by Gasteiger charge is 2.18. The summed E-state index contributed by atoms with van der Waals surface area (Å²) in [6.45, 7) is 0. The van der Waals surface area contributed by atoms with E-state index in [9.17, 15) is 0 Å². The number of halogens is 1. The van der Waals surface area contributed by atoms with Crippen LogP contribution in [0.5, 0.6) is 0 Å². The van der Waals surface area contributed by atoms with E-state index in [1.165, 1.54) is 0 Å². The Balaban J connectivity index is 2.21. The minimum absolute atomic E-state index is 0.577. The van der Waals surface area contributed by atoms with Crippen molar-refractivity contribution in [3.63, 3.8) is 0 Å². The number of benzene rings is 3. The molecule has 0 N–H and O–H groups in total. The van der Waals surface area contributed by atoms with Crippen LogP contribution in [0.1, 0.15) is 0 Å². The maximum absolute atomic E-state index is 6.38. The van der Waals surface area contributed by atoms with Crippen molar-refractivity contribution in [3.8, 4) is 0 Å². The summed E-state index contributed by atoms with van der Waals surface area (Å²) in [5, 5.41) is 4.81. The lowest BCUT2D eigenvalue weighted by molar-refractivity contribution is 0.663. The molecule has 0 aliphatic heterocycles. The monoisotopic (exact) mass is 292 g/mol. The predicted molar refractivity (Wildman–Crippen MR) is 86.0 cm³/mol. The molecule has 0 atom stereocenters. The highest BCUT2D eigenvalue weighted by atomic mass is 35.5. The molecule has 0 saturated carbocycles. The third-order valence-corrected chi connectivity index (χ3v) is 4.22. The second-order valence-corrected chi connectivity index (χ2v) is 5.54. The van der Waals surface area contributed by atoms with E-state index in [1.54, 1.807) is 0 Å². The summed E-state index contributed by atoms with van der Waals surface area (Å²) < 4.78 is 11.9. The normalized spacial score (nSPS) is 12.0. The Bertz CT molecular complexity index is 1150. The molecule has 5 rings (SSSR count). The van der Waals surface area contributed by atoms with Crippen molar-refractivity contribution in [2.45, 2.75) is 0 Å². The van der Waals surface area contributed by atoms with Gasteiger partial charge in [0, 0.05) is 27.6 Å². The lowest BCUT2D eigenvalue weighted by atomic mass is 10.1. The summed E-state index contributed by atoms with van der Waals surface area (Å²) in [6.07, 6.45) is 0. The maximum atomic E-state index is 6.38. The minimum atomic E-state index is 0.577. The lowest BCUT2D eigenvalue weighted by Crippen LogP contribution is -1.72. The third-order valence-electron chi connectivity index (χ3n) is 3.94. The molecule has 0 fully saturated rings. The van der Waals surface area contributed by atoms with Gasteiger partial charge in [0.25, 0.3) is 0 Å². The molecule has 3 aromatic carbocycles. The second-order valence-electron chi connectivity index (χ2n) is 5.13. The topological polar surface area (TPSA) is 26.3 Å². The van der Waals surface area contributed by atoms with Gasteiger partial charge in [0.05, 0.1) is 5.02 Å². The first kappa shape index (κ1) is 11.2. The zero-order chi connectivity index (χ0) is 14.0. The highest BCUT2D eigenvalue weighted by Crippen LogP contribution is 2.42. The van der Waals surface area contributed by atoms with E-state index >= 15 is 0 Å². The van der Waals surface area contributed by atoms with Gasteiger partial charge in [-0.15, -0.1) is 0 Å². The van der Waals surface area contributed by atoms with Crippen LogP contribution in [-0.2, 0) is 0 Å². The van der Waals surface area contributed by atoms with Gasteiger partial charge in [-0.1, -0.05) is 48.0 Å². The average Bonchev–Trinajstić information content (AvgIpc) is 3.05. The first-order valence-electron chi connectivity index (χ1n) is 6.74. The van der Waals surface area contributed by atoms with Gasteiger partial charge in [-0.3, -0.25) is 0 Å². The van der Waals surface area contributed by atoms with Crippen molar-refractivity contribution in [1.29, 1.82) is 0 Å². The Morgan fingerprint density at radius 1 is 0.667 bits per heavy atom. The molecule has 0 bridgehead atoms. The third kappa shape index (κ3) is 1.38. The van der Waals surface area contributed by atoms with Crippen molar-refractivity contribution in [2.75, 3.05) is 0 Å². The number of hydrogen-bond acceptors (Lipinski definition) is 2. The van der Waals surface area contributed by atoms with Crippen LogP contribution in [0.3, 0.4) is 0 Å². The van der Waals surface area contributed by atoms with Gasteiger partial charge >= 0.3 is 0 Å². The number of para-hydroxylation sites is 2. The molecule has 2 nitrogen and oxygen atoms in total. The van der Waals surface area contributed by atoms with Crippen LogP contribution in [-0.4, -0.2) is 0 Å². The fraction of sp³-hybridized carbons (Fsp3) is 0. The second kappa shape index (κ2) is 3.80. The van der Waals surface area contributed by atoms with Crippen molar-refractivity contribution in [2.24, 2.45) is 0 Å². The zero-order valence-electron chi connectivity index (χ0n) is 10.9. The molecule has 0 spiro atoms.